The zero-order valence-electron chi connectivity index (χ0n) is 20.3. The summed E-state index contributed by atoms with van der Waals surface area (Å²) in [5.74, 6) is 11.5. The second-order valence-corrected chi connectivity index (χ2v) is 10.2. The maximum absolute atomic E-state index is 12.4. The normalized spacial score (nSPS) is 20.9. The van der Waals surface area contributed by atoms with Crippen LogP contribution in [0.5, 0.6) is 0 Å². The molecular weight excluding hydrogens is 444 g/mol. The molecule has 1 saturated heterocycles. The summed E-state index contributed by atoms with van der Waals surface area (Å²) in [4.78, 5) is 0. The Morgan fingerprint density at radius 1 is 0.667 bits per heavy atom. The van der Waals surface area contributed by atoms with Crippen molar-refractivity contribution in [2.75, 3.05) is 13.2 Å². The van der Waals surface area contributed by atoms with E-state index < -0.39 is 11.4 Å². The Morgan fingerprint density at radius 3 is 1.97 bits per heavy atom. The molecule has 1 N–H and O–H groups in total. The molecule has 2 aliphatic rings. The molecule has 4 aromatic carbocycles. The van der Waals surface area contributed by atoms with E-state index in [0.29, 0.717) is 18.8 Å². The van der Waals surface area contributed by atoms with Gasteiger partial charge in [-0.3, -0.25) is 0 Å². The van der Waals surface area contributed by atoms with E-state index in [-0.39, 0.29) is 5.41 Å². The van der Waals surface area contributed by atoms with E-state index in [0.717, 1.165) is 33.0 Å². The molecule has 6 rings (SSSR count). The highest BCUT2D eigenvalue weighted by Crippen LogP contribution is 2.56. The fraction of sp³-hybridized carbons (Fsp3) is 0.212. The Hall–Kier alpha value is -3.86. The molecule has 1 unspecified atom stereocenters. The molecule has 0 radical (unpaired) electrons. The molecule has 1 atom stereocenters. The van der Waals surface area contributed by atoms with E-state index in [1.807, 2.05) is 91.0 Å². The highest BCUT2D eigenvalue weighted by Gasteiger charge is 2.63. The number of hydrogen-bond donors (Lipinski definition) is 1. The van der Waals surface area contributed by atoms with Gasteiger partial charge in [-0.2, -0.15) is 0 Å². The lowest BCUT2D eigenvalue weighted by molar-refractivity contribution is -0.361. The van der Waals surface area contributed by atoms with Gasteiger partial charge in [0.1, 0.15) is 0 Å². The van der Waals surface area contributed by atoms with E-state index in [1.54, 1.807) is 0 Å². The SMILES string of the molecule is CC1(C)COC2(OC1)c1cccc3cccc(c13)C2(O)C#Cc1ccccc1C#Cc1ccccc1. The van der Waals surface area contributed by atoms with Crippen LogP contribution in [0.15, 0.2) is 91.0 Å². The number of benzene rings is 4. The van der Waals surface area contributed by atoms with Gasteiger partial charge in [-0.1, -0.05) is 104 Å². The minimum atomic E-state index is -1.69. The first-order valence-electron chi connectivity index (χ1n) is 12.1. The van der Waals surface area contributed by atoms with Crippen molar-refractivity contribution in [1.29, 1.82) is 0 Å². The van der Waals surface area contributed by atoms with E-state index in [2.05, 4.69) is 37.5 Å². The lowest BCUT2D eigenvalue weighted by Crippen LogP contribution is -2.55. The highest BCUT2D eigenvalue weighted by molar-refractivity contribution is 5.94. The molecule has 1 aliphatic heterocycles. The molecule has 0 saturated carbocycles. The average molecular weight is 471 g/mol. The summed E-state index contributed by atoms with van der Waals surface area (Å²) in [6.45, 7) is 5.07. The molecule has 4 aromatic rings. The molecule has 176 valence electrons. The van der Waals surface area contributed by atoms with Crippen LogP contribution in [-0.2, 0) is 20.9 Å². The van der Waals surface area contributed by atoms with Crippen LogP contribution in [0, 0.1) is 29.1 Å². The third-order valence-corrected chi connectivity index (χ3v) is 6.88. The van der Waals surface area contributed by atoms with Gasteiger partial charge in [-0.05, 0) is 35.0 Å². The van der Waals surface area contributed by atoms with Crippen molar-refractivity contribution in [3.63, 3.8) is 0 Å². The van der Waals surface area contributed by atoms with Crippen molar-refractivity contribution >= 4 is 10.8 Å². The second-order valence-electron chi connectivity index (χ2n) is 10.2. The van der Waals surface area contributed by atoms with Crippen molar-refractivity contribution in [3.8, 4) is 23.7 Å². The molecule has 1 heterocycles. The van der Waals surface area contributed by atoms with Gasteiger partial charge in [0.25, 0.3) is 0 Å². The Labute approximate surface area is 211 Å². The summed E-state index contributed by atoms with van der Waals surface area (Å²) < 4.78 is 12.9. The lowest BCUT2D eigenvalue weighted by Gasteiger charge is -2.47. The van der Waals surface area contributed by atoms with Crippen LogP contribution in [0.1, 0.15) is 41.7 Å². The van der Waals surface area contributed by atoms with Crippen molar-refractivity contribution < 1.29 is 14.6 Å². The number of hydrogen-bond acceptors (Lipinski definition) is 3. The predicted octanol–water partition coefficient (Wildman–Crippen LogP) is 5.72. The minimum Gasteiger partial charge on any atom is -0.369 e. The third kappa shape index (κ3) is 3.53. The molecule has 1 fully saturated rings. The summed E-state index contributed by atoms with van der Waals surface area (Å²) in [5, 5.41) is 14.3. The molecule has 1 spiro atoms. The van der Waals surface area contributed by atoms with E-state index in [1.165, 1.54) is 0 Å². The monoisotopic (exact) mass is 470 g/mol. The largest absolute Gasteiger partial charge is 0.369 e. The van der Waals surface area contributed by atoms with Gasteiger partial charge in [-0.15, -0.1) is 0 Å². The van der Waals surface area contributed by atoms with Crippen LogP contribution in [0.25, 0.3) is 10.8 Å². The average Bonchev–Trinajstić information content (AvgIpc) is 3.11. The molecule has 3 nitrogen and oxygen atoms in total. The van der Waals surface area contributed by atoms with Crippen molar-refractivity contribution in [3.05, 3.63) is 119 Å². The van der Waals surface area contributed by atoms with Gasteiger partial charge in [0.05, 0.1) is 13.2 Å². The zero-order valence-corrected chi connectivity index (χ0v) is 20.3. The van der Waals surface area contributed by atoms with Crippen LogP contribution in [0.4, 0.5) is 0 Å². The molecule has 36 heavy (non-hydrogen) atoms. The van der Waals surface area contributed by atoms with Crippen LogP contribution in [0.3, 0.4) is 0 Å². The van der Waals surface area contributed by atoms with Gasteiger partial charge in [0, 0.05) is 33.2 Å². The molecule has 0 aromatic heterocycles. The fourth-order valence-corrected chi connectivity index (χ4v) is 5.00. The van der Waals surface area contributed by atoms with Gasteiger partial charge in [0.2, 0.25) is 11.4 Å². The Bertz CT molecular complexity index is 1580. The molecule has 1 aliphatic carbocycles. The standard InChI is InChI=1S/C33H26O3/c1-31(2)22-35-33(36-23-31)29-17-9-15-27-14-8-16-28(30(27)29)32(33,34)21-20-26-13-7-6-12-25(26)19-18-24-10-4-3-5-11-24/h3-17,34H,22-23H2,1-2H3. The van der Waals surface area contributed by atoms with Gasteiger partial charge in [-0.25, -0.2) is 0 Å². The molecule has 0 bridgehead atoms. The highest BCUT2D eigenvalue weighted by atomic mass is 16.7. The molecule has 3 heteroatoms. The number of ether oxygens (including phenoxy) is 2. The zero-order chi connectivity index (χ0) is 24.8. The summed E-state index contributed by atoms with van der Waals surface area (Å²) >= 11 is 0. The Morgan fingerprint density at radius 2 is 1.28 bits per heavy atom. The topological polar surface area (TPSA) is 38.7 Å². The van der Waals surface area contributed by atoms with Crippen LogP contribution < -0.4 is 0 Å². The van der Waals surface area contributed by atoms with E-state index in [9.17, 15) is 5.11 Å². The quantitative estimate of drug-likeness (QED) is 0.334. The molecular formula is C33H26O3. The van der Waals surface area contributed by atoms with Crippen LogP contribution in [-0.4, -0.2) is 18.3 Å². The van der Waals surface area contributed by atoms with Crippen LogP contribution in [0.2, 0.25) is 0 Å². The third-order valence-electron chi connectivity index (χ3n) is 6.88. The maximum atomic E-state index is 12.4. The predicted molar refractivity (Wildman–Crippen MR) is 141 cm³/mol. The summed E-state index contributed by atoms with van der Waals surface area (Å²) in [7, 11) is 0. The van der Waals surface area contributed by atoms with Crippen LogP contribution >= 0.6 is 0 Å². The lowest BCUT2D eigenvalue weighted by atomic mass is 9.86. The van der Waals surface area contributed by atoms with E-state index in [4.69, 9.17) is 9.47 Å². The summed E-state index contributed by atoms with van der Waals surface area (Å²) in [6.07, 6.45) is 0. The Kier molecular flexibility index (Phi) is 5.25. The summed E-state index contributed by atoms with van der Waals surface area (Å²) in [6, 6.07) is 29.5. The summed E-state index contributed by atoms with van der Waals surface area (Å²) in [5.41, 5.74) is 2.14. The van der Waals surface area contributed by atoms with Crippen molar-refractivity contribution in [2.24, 2.45) is 5.41 Å². The smallest absolute Gasteiger partial charge is 0.241 e. The first-order valence-corrected chi connectivity index (χ1v) is 12.1. The van der Waals surface area contributed by atoms with Crippen molar-refractivity contribution in [1.82, 2.24) is 0 Å². The molecule has 0 amide bonds. The minimum absolute atomic E-state index is 0.165. The number of rotatable bonds is 0. The Balaban J connectivity index is 1.49. The second kappa shape index (κ2) is 8.37. The fourth-order valence-electron chi connectivity index (χ4n) is 5.00. The van der Waals surface area contributed by atoms with E-state index >= 15 is 0 Å². The first-order chi connectivity index (χ1) is 17.4. The first kappa shape index (κ1) is 22.6. The van der Waals surface area contributed by atoms with Gasteiger partial charge in [0.15, 0.2) is 0 Å². The van der Waals surface area contributed by atoms with Gasteiger partial charge < -0.3 is 14.6 Å². The number of aliphatic hydroxyl groups is 1. The van der Waals surface area contributed by atoms with Gasteiger partial charge >= 0.3 is 0 Å². The van der Waals surface area contributed by atoms with Crippen molar-refractivity contribution in [2.45, 2.75) is 25.2 Å². The number of fused-ring (bicyclic) bond motifs is 1. The maximum Gasteiger partial charge on any atom is 0.241 e.